The van der Waals surface area contributed by atoms with E-state index < -0.39 is 5.97 Å². The van der Waals surface area contributed by atoms with Crippen molar-refractivity contribution in [2.45, 2.75) is 19.8 Å². The molecule has 0 saturated carbocycles. The van der Waals surface area contributed by atoms with Gasteiger partial charge in [0.25, 0.3) is 0 Å². The Morgan fingerprint density at radius 3 is 2.83 bits per heavy atom. The van der Waals surface area contributed by atoms with Crippen LogP contribution in [0.5, 0.6) is 0 Å². The van der Waals surface area contributed by atoms with Crippen molar-refractivity contribution >= 4 is 17.6 Å². The van der Waals surface area contributed by atoms with Gasteiger partial charge in [-0.2, -0.15) is 0 Å². The summed E-state index contributed by atoms with van der Waals surface area (Å²) in [4.78, 5) is 26.5. The van der Waals surface area contributed by atoms with Crippen molar-refractivity contribution in [3.63, 3.8) is 0 Å². The predicted molar refractivity (Wildman–Crippen MR) is 64.9 cm³/mol. The molecular formula is C12H16N2O4. The van der Waals surface area contributed by atoms with E-state index in [1.165, 1.54) is 19.4 Å². The molecule has 0 aliphatic heterocycles. The molecule has 0 atom stereocenters. The maximum Gasteiger partial charge on any atom is 0.340 e. The molecule has 1 heterocycles. The number of rotatable bonds is 5. The number of carbonyl (C=O) groups excluding carboxylic acids is 2. The highest BCUT2D eigenvalue weighted by molar-refractivity contribution is 5.91. The summed E-state index contributed by atoms with van der Waals surface area (Å²) >= 11 is 0. The summed E-state index contributed by atoms with van der Waals surface area (Å²) in [5, 5.41) is 0. The van der Waals surface area contributed by atoms with Crippen LogP contribution in [0, 0.1) is 6.92 Å². The number of methoxy groups -OCH3 is 1. The summed E-state index contributed by atoms with van der Waals surface area (Å²) in [5.41, 5.74) is 6.85. The second kappa shape index (κ2) is 6.58. The molecule has 0 amide bonds. The first-order chi connectivity index (χ1) is 8.54. The Bertz CT molecular complexity index is 446. The summed E-state index contributed by atoms with van der Waals surface area (Å²) in [5.74, 6) is -0.815. The molecule has 6 nitrogen and oxygen atoms in total. The number of carbonyl (C=O) groups is 2. The van der Waals surface area contributed by atoms with Gasteiger partial charge in [0.2, 0.25) is 0 Å². The van der Waals surface area contributed by atoms with Crippen LogP contribution in [-0.2, 0) is 14.3 Å². The number of hydrogen-bond donors (Lipinski definition) is 1. The molecule has 1 aromatic rings. The van der Waals surface area contributed by atoms with E-state index in [1.807, 2.05) is 0 Å². The zero-order valence-electron chi connectivity index (χ0n) is 10.4. The van der Waals surface area contributed by atoms with E-state index >= 15 is 0 Å². The number of nitrogens with two attached hydrogens (primary N) is 1. The van der Waals surface area contributed by atoms with E-state index in [2.05, 4.69) is 9.72 Å². The number of aromatic nitrogens is 1. The van der Waals surface area contributed by atoms with Gasteiger partial charge in [0.1, 0.15) is 0 Å². The normalized spacial score (nSPS) is 9.89. The summed E-state index contributed by atoms with van der Waals surface area (Å²) in [6.45, 7) is 1.85. The standard InChI is InChI=1S/C12H16N2O4/c1-8-10(6-9(13)7-14-8)12(16)18-5-3-4-11(15)17-2/h6-7H,3-5,13H2,1-2H3. The molecule has 0 aromatic carbocycles. The van der Waals surface area contributed by atoms with E-state index in [0.717, 1.165) is 0 Å². The van der Waals surface area contributed by atoms with Crippen molar-refractivity contribution in [3.8, 4) is 0 Å². The maximum absolute atomic E-state index is 11.7. The van der Waals surface area contributed by atoms with E-state index in [1.54, 1.807) is 6.92 Å². The third kappa shape index (κ3) is 4.04. The fourth-order valence-corrected chi connectivity index (χ4v) is 1.32. The number of esters is 2. The smallest absolute Gasteiger partial charge is 0.340 e. The molecule has 0 fully saturated rings. The largest absolute Gasteiger partial charge is 0.469 e. The van der Waals surface area contributed by atoms with Crippen molar-refractivity contribution in [3.05, 3.63) is 23.5 Å². The van der Waals surface area contributed by atoms with Crippen LogP contribution in [0.1, 0.15) is 28.9 Å². The van der Waals surface area contributed by atoms with Crippen molar-refractivity contribution in [2.24, 2.45) is 0 Å². The summed E-state index contributed by atoms with van der Waals surface area (Å²) in [6, 6.07) is 1.52. The Balaban J connectivity index is 2.46. The first kappa shape index (κ1) is 14.0. The molecule has 18 heavy (non-hydrogen) atoms. The average Bonchev–Trinajstić information content (AvgIpc) is 2.36. The van der Waals surface area contributed by atoms with Crippen LogP contribution in [0.25, 0.3) is 0 Å². The minimum Gasteiger partial charge on any atom is -0.469 e. The molecule has 6 heteroatoms. The van der Waals surface area contributed by atoms with Crippen LogP contribution in [0.4, 0.5) is 5.69 Å². The number of ether oxygens (including phenoxy) is 2. The molecule has 98 valence electrons. The Labute approximate surface area is 105 Å². The lowest BCUT2D eigenvalue weighted by Gasteiger charge is -2.06. The fourth-order valence-electron chi connectivity index (χ4n) is 1.32. The zero-order chi connectivity index (χ0) is 13.5. The first-order valence-electron chi connectivity index (χ1n) is 5.50. The van der Waals surface area contributed by atoms with E-state index in [0.29, 0.717) is 23.4 Å². The zero-order valence-corrected chi connectivity index (χ0v) is 10.4. The fraction of sp³-hybridized carbons (Fsp3) is 0.417. The van der Waals surface area contributed by atoms with Crippen LogP contribution in [0.2, 0.25) is 0 Å². The Hall–Kier alpha value is -2.11. The second-order valence-corrected chi connectivity index (χ2v) is 3.72. The van der Waals surface area contributed by atoms with Crippen molar-refractivity contribution in [2.75, 3.05) is 19.5 Å². The highest BCUT2D eigenvalue weighted by Crippen LogP contribution is 2.11. The number of nitrogen functional groups attached to an aromatic ring is 1. The lowest BCUT2D eigenvalue weighted by atomic mass is 10.2. The van der Waals surface area contributed by atoms with Gasteiger partial charge in [0.05, 0.1) is 36.9 Å². The highest BCUT2D eigenvalue weighted by Gasteiger charge is 2.12. The topological polar surface area (TPSA) is 91.5 Å². The van der Waals surface area contributed by atoms with Crippen molar-refractivity contribution in [1.29, 1.82) is 0 Å². The minimum absolute atomic E-state index is 0.155. The van der Waals surface area contributed by atoms with Crippen LogP contribution < -0.4 is 5.73 Å². The SMILES string of the molecule is COC(=O)CCCOC(=O)c1cc(N)cnc1C. The van der Waals surface area contributed by atoms with Gasteiger partial charge in [-0.3, -0.25) is 9.78 Å². The molecule has 0 aliphatic carbocycles. The van der Waals surface area contributed by atoms with Crippen LogP contribution in [-0.4, -0.2) is 30.6 Å². The average molecular weight is 252 g/mol. The third-order valence-corrected chi connectivity index (χ3v) is 2.31. The minimum atomic E-state index is -0.489. The van der Waals surface area contributed by atoms with Gasteiger partial charge >= 0.3 is 11.9 Å². The molecule has 0 radical (unpaired) electrons. The van der Waals surface area contributed by atoms with Gasteiger partial charge in [0.15, 0.2) is 0 Å². The monoisotopic (exact) mass is 252 g/mol. The van der Waals surface area contributed by atoms with Gasteiger partial charge in [-0.05, 0) is 19.4 Å². The van der Waals surface area contributed by atoms with Gasteiger partial charge in [-0.1, -0.05) is 0 Å². The lowest BCUT2D eigenvalue weighted by molar-refractivity contribution is -0.140. The molecule has 1 rings (SSSR count). The Morgan fingerprint density at radius 2 is 2.17 bits per heavy atom. The number of nitrogens with zero attached hydrogens (tertiary/aromatic N) is 1. The molecule has 1 aromatic heterocycles. The van der Waals surface area contributed by atoms with Crippen molar-refractivity contribution < 1.29 is 19.1 Å². The molecule has 0 saturated heterocycles. The predicted octanol–water partition coefficient (Wildman–Crippen LogP) is 1.08. The Morgan fingerprint density at radius 1 is 1.44 bits per heavy atom. The molecule has 0 bridgehead atoms. The van der Waals surface area contributed by atoms with Crippen molar-refractivity contribution in [1.82, 2.24) is 4.98 Å². The Kier molecular flexibility index (Phi) is 5.10. The van der Waals surface area contributed by atoms with Gasteiger partial charge in [-0.15, -0.1) is 0 Å². The maximum atomic E-state index is 11.7. The van der Waals surface area contributed by atoms with E-state index in [4.69, 9.17) is 10.5 Å². The highest BCUT2D eigenvalue weighted by atomic mass is 16.5. The molecule has 0 aliphatic rings. The van der Waals surface area contributed by atoms with Gasteiger partial charge in [-0.25, -0.2) is 4.79 Å². The lowest BCUT2D eigenvalue weighted by Crippen LogP contribution is -2.11. The van der Waals surface area contributed by atoms with Crippen LogP contribution >= 0.6 is 0 Å². The number of hydrogen-bond acceptors (Lipinski definition) is 6. The molecule has 0 unspecified atom stereocenters. The quantitative estimate of drug-likeness (QED) is 0.622. The van der Waals surface area contributed by atoms with Gasteiger partial charge < -0.3 is 15.2 Å². The second-order valence-electron chi connectivity index (χ2n) is 3.72. The number of aryl methyl sites for hydroxylation is 1. The number of anilines is 1. The van der Waals surface area contributed by atoms with Crippen LogP contribution in [0.15, 0.2) is 12.3 Å². The summed E-state index contributed by atoms with van der Waals surface area (Å²) in [6.07, 6.45) is 2.12. The molecule has 2 N–H and O–H groups in total. The van der Waals surface area contributed by atoms with Gasteiger partial charge in [0, 0.05) is 6.42 Å². The molecule has 0 spiro atoms. The summed E-state index contributed by atoms with van der Waals surface area (Å²) in [7, 11) is 1.32. The summed E-state index contributed by atoms with van der Waals surface area (Å²) < 4.78 is 9.49. The van der Waals surface area contributed by atoms with Crippen LogP contribution in [0.3, 0.4) is 0 Å². The van der Waals surface area contributed by atoms with E-state index in [-0.39, 0.29) is 19.0 Å². The van der Waals surface area contributed by atoms with E-state index in [9.17, 15) is 9.59 Å². The number of pyridine rings is 1. The first-order valence-corrected chi connectivity index (χ1v) is 5.50. The third-order valence-electron chi connectivity index (χ3n) is 2.31. The molecular weight excluding hydrogens is 236 g/mol.